The number of amides is 2. The van der Waals surface area contributed by atoms with Crippen LogP contribution in [0.1, 0.15) is 5.56 Å². The van der Waals surface area contributed by atoms with Crippen molar-refractivity contribution in [2.24, 2.45) is 0 Å². The van der Waals surface area contributed by atoms with Gasteiger partial charge in [0.1, 0.15) is 12.2 Å². The summed E-state index contributed by atoms with van der Waals surface area (Å²) < 4.78 is 10.5. The Labute approximate surface area is 166 Å². The smallest absolute Gasteiger partial charge is 0.315 e. The number of nitrogens with one attached hydrogen (secondary N) is 1. The fourth-order valence-electron chi connectivity index (χ4n) is 2.75. The summed E-state index contributed by atoms with van der Waals surface area (Å²) in [5, 5.41) is 12.6. The number of carbonyl (C=O) groups is 2. The van der Waals surface area contributed by atoms with E-state index < -0.39 is 16.7 Å². The number of anilines is 1. The van der Waals surface area contributed by atoms with Crippen molar-refractivity contribution in [1.29, 1.82) is 0 Å². The number of hydrogen-bond donors (Lipinski definition) is 1. The number of para-hydroxylation sites is 1. The van der Waals surface area contributed by atoms with E-state index in [0.29, 0.717) is 5.69 Å². The summed E-state index contributed by atoms with van der Waals surface area (Å²) in [7, 11) is 1.33. The Morgan fingerprint density at radius 3 is 2.59 bits per heavy atom. The van der Waals surface area contributed by atoms with E-state index in [-0.39, 0.29) is 34.9 Å². The number of rotatable bonds is 7. The van der Waals surface area contributed by atoms with Crippen molar-refractivity contribution in [2.45, 2.75) is 0 Å². The van der Waals surface area contributed by atoms with E-state index in [1.807, 2.05) is 0 Å². The molecule has 148 valence electrons. The summed E-state index contributed by atoms with van der Waals surface area (Å²) in [6.45, 7) is 3.55. The molecule has 2 aromatic rings. The average molecular weight is 395 g/mol. The van der Waals surface area contributed by atoms with Crippen molar-refractivity contribution < 1.29 is 24.0 Å². The van der Waals surface area contributed by atoms with Gasteiger partial charge in [-0.1, -0.05) is 30.9 Å². The molecule has 0 spiro atoms. The molecule has 0 radical (unpaired) electrons. The maximum atomic E-state index is 12.7. The van der Waals surface area contributed by atoms with Crippen molar-refractivity contribution >= 4 is 29.3 Å². The molecule has 0 saturated carbocycles. The maximum Gasteiger partial charge on any atom is 0.315 e. The highest BCUT2D eigenvalue weighted by Crippen LogP contribution is 2.39. The minimum Gasteiger partial charge on any atom is -0.493 e. The molecule has 9 nitrogen and oxygen atoms in total. The van der Waals surface area contributed by atoms with Gasteiger partial charge in [-0.05, 0) is 29.8 Å². The molecule has 0 atom stereocenters. The molecular weight excluding hydrogens is 378 g/mol. The molecular formula is C20H17N3O6. The lowest BCUT2D eigenvalue weighted by atomic mass is 10.1. The highest BCUT2D eigenvalue weighted by Gasteiger charge is 2.34. The molecule has 3 rings (SSSR count). The van der Waals surface area contributed by atoms with Crippen LogP contribution in [0.3, 0.4) is 0 Å². The van der Waals surface area contributed by atoms with E-state index in [1.165, 1.54) is 31.4 Å². The van der Waals surface area contributed by atoms with Crippen LogP contribution in [0.15, 0.2) is 60.7 Å². The summed E-state index contributed by atoms with van der Waals surface area (Å²) in [5.74, 6) is -1.16. The van der Waals surface area contributed by atoms with Gasteiger partial charge < -0.3 is 9.47 Å². The molecule has 1 aliphatic rings. The van der Waals surface area contributed by atoms with Gasteiger partial charge in [-0.15, -0.1) is 0 Å². The second-order valence-corrected chi connectivity index (χ2v) is 5.90. The Morgan fingerprint density at radius 1 is 1.24 bits per heavy atom. The zero-order chi connectivity index (χ0) is 21.0. The Hall–Kier alpha value is -4.14. The lowest BCUT2D eigenvalue weighted by molar-refractivity contribution is -0.385. The third-order valence-corrected chi connectivity index (χ3v) is 4.04. The maximum absolute atomic E-state index is 12.7. The fourth-order valence-corrected chi connectivity index (χ4v) is 2.75. The normalized spacial score (nSPS) is 14.7. The monoisotopic (exact) mass is 395 g/mol. The van der Waals surface area contributed by atoms with Crippen LogP contribution < -0.4 is 19.9 Å². The van der Waals surface area contributed by atoms with Crippen LogP contribution in [0.4, 0.5) is 11.4 Å². The first kappa shape index (κ1) is 19.6. The molecule has 1 N–H and O–H groups in total. The topological polar surface area (TPSA) is 111 Å². The average Bonchev–Trinajstić information content (AvgIpc) is 3.00. The molecule has 0 aromatic heterocycles. The van der Waals surface area contributed by atoms with Crippen molar-refractivity contribution in [3.63, 3.8) is 0 Å². The van der Waals surface area contributed by atoms with Crippen LogP contribution >= 0.6 is 0 Å². The van der Waals surface area contributed by atoms with Crippen LogP contribution in [-0.2, 0) is 9.59 Å². The Bertz CT molecular complexity index is 1020. The third-order valence-electron chi connectivity index (χ3n) is 4.04. The molecule has 2 aromatic carbocycles. The van der Waals surface area contributed by atoms with Gasteiger partial charge in [0.05, 0.1) is 17.7 Å². The minimum atomic E-state index is -0.629. The van der Waals surface area contributed by atoms with E-state index >= 15 is 0 Å². The van der Waals surface area contributed by atoms with E-state index in [9.17, 15) is 19.7 Å². The predicted octanol–water partition coefficient (Wildman–Crippen LogP) is 2.63. The summed E-state index contributed by atoms with van der Waals surface area (Å²) in [4.78, 5) is 35.8. The van der Waals surface area contributed by atoms with Gasteiger partial charge >= 0.3 is 5.69 Å². The van der Waals surface area contributed by atoms with Crippen LogP contribution in [0.25, 0.3) is 6.08 Å². The van der Waals surface area contributed by atoms with Gasteiger partial charge in [0.25, 0.3) is 11.8 Å². The number of hydrogen-bond acceptors (Lipinski definition) is 6. The first-order chi connectivity index (χ1) is 14.0. The largest absolute Gasteiger partial charge is 0.493 e. The van der Waals surface area contributed by atoms with Crippen molar-refractivity contribution in [3.8, 4) is 11.5 Å². The molecule has 1 heterocycles. The highest BCUT2D eigenvalue weighted by atomic mass is 16.6. The molecule has 0 unspecified atom stereocenters. The van der Waals surface area contributed by atoms with Gasteiger partial charge in [-0.2, -0.15) is 0 Å². The molecule has 1 fully saturated rings. The van der Waals surface area contributed by atoms with Gasteiger partial charge in [0.15, 0.2) is 5.75 Å². The molecule has 2 amide bonds. The molecule has 29 heavy (non-hydrogen) atoms. The summed E-state index contributed by atoms with van der Waals surface area (Å²) in [6, 6.07) is 11.2. The van der Waals surface area contributed by atoms with Crippen molar-refractivity contribution in [3.05, 3.63) is 76.4 Å². The number of benzene rings is 2. The van der Waals surface area contributed by atoms with E-state index in [1.54, 1.807) is 30.3 Å². The molecule has 0 aliphatic carbocycles. The number of methoxy groups -OCH3 is 1. The number of nitro benzene ring substituents is 1. The first-order valence-corrected chi connectivity index (χ1v) is 8.48. The van der Waals surface area contributed by atoms with Crippen LogP contribution in [-0.4, -0.2) is 30.5 Å². The van der Waals surface area contributed by atoms with Gasteiger partial charge in [0.2, 0.25) is 5.75 Å². The number of nitrogens with zero attached hydrogens (tertiary/aromatic N) is 2. The molecule has 0 bridgehead atoms. The highest BCUT2D eigenvalue weighted by molar-refractivity contribution is 6.31. The molecule has 1 aliphatic heterocycles. The quantitative estimate of drug-likeness (QED) is 0.254. The van der Waals surface area contributed by atoms with Crippen LogP contribution in [0, 0.1) is 10.1 Å². The molecule has 9 heteroatoms. The number of ether oxygens (including phenoxy) is 2. The molecule has 1 saturated heterocycles. The number of carbonyl (C=O) groups excluding carboxylic acids is 2. The standard InChI is InChI=1S/C20H17N3O6/c1-3-9-29-18-16(23(26)27)11-13(12-17(18)28-2)10-15-19(24)21-22(20(15)25)14-7-5-4-6-8-14/h3-8,10-12H,1,9H2,2H3,(H,21,24). The van der Waals surface area contributed by atoms with Gasteiger partial charge in [-0.25, -0.2) is 5.01 Å². The van der Waals surface area contributed by atoms with Crippen LogP contribution in [0.2, 0.25) is 0 Å². The van der Waals surface area contributed by atoms with Crippen LogP contribution in [0.5, 0.6) is 11.5 Å². The first-order valence-electron chi connectivity index (χ1n) is 8.48. The Balaban J connectivity index is 2.02. The third kappa shape index (κ3) is 3.93. The predicted molar refractivity (Wildman–Crippen MR) is 105 cm³/mol. The van der Waals surface area contributed by atoms with E-state index in [2.05, 4.69) is 12.0 Å². The zero-order valence-corrected chi connectivity index (χ0v) is 15.5. The second kappa shape index (κ2) is 8.26. The van der Waals surface area contributed by atoms with Gasteiger partial charge in [-0.3, -0.25) is 25.1 Å². The lowest BCUT2D eigenvalue weighted by Gasteiger charge is -2.14. The fraction of sp³-hybridized carbons (Fsp3) is 0.100. The van der Waals surface area contributed by atoms with Crippen molar-refractivity contribution in [1.82, 2.24) is 5.43 Å². The van der Waals surface area contributed by atoms with E-state index in [4.69, 9.17) is 9.47 Å². The zero-order valence-electron chi connectivity index (χ0n) is 15.5. The lowest BCUT2D eigenvalue weighted by Crippen LogP contribution is -2.35. The summed E-state index contributed by atoms with van der Waals surface area (Å²) in [5.41, 5.74) is 2.69. The second-order valence-electron chi connectivity index (χ2n) is 5.90. The van der Waals surface area contributed by atoms with Gasteiger partial charge in [0, 0.05) is 6.07 Å². The van der Waals surface area contributed by atoms with Crippen molar-refractivity contribution in [2.75, 3.05) is 18.7 Å². The Kier molecular flexibility index (Phi) is 5.59. The Morgan fingerprint density at radius 2 is 1.97 bits per heavy atom. The SMILES string of the molecule is C=CCOc1c(OC)cc(C=C2C(=O)NN(c3ccccc3)C2=O)cc1[N+](=O)[O-]. The minimum absolute atomic E-state index is 0.0462. The van der Waals surface area contributed by atoms with E-state index in [0.717, 1.165) is 5.01 Å². The summed E-state index contributed by atoms with van der Waals surface area (Å²) >= 11 is 0. The number of hydrazine groups is 1. The number of nitro groups is 1. The summed E-state index contributed by atoms with van der Waals surface area (Å²) in [6.07, 6.45) is 2.71.